The highest BCUT2D eigenvalue weighted by atomic mass is 32.2. The molecule has 0 saturated carbocycles. The highest BCUT2D eigenvalue weighted by Gasteiger charge is 2.21. The number of nitrogens with one attached hydrogen (secondary N) is 1. The molecule has 0 bridgehead atoms. The van der Waals surface area contributed by atoms with Crippen molar-refractivity contribution in [3.8, 4) is 16.9 Å². The molecule has 1 N–H and O–H groups in total. The second-order valence-electron chi connectivity index (χ2n) is 6.12. The number of hydrogen-bond acceptors (Lipinski definition) is 5. The maximum atomic E-state index is 13.1. The molecule has 0 aliphatic rings. The van der Waals surface area contributed by atoms with E-state index in [1.165, 1.54) is 13.3 Å². The fourth-order valence-electron chi connectivity index (χ4n) is 2.95. The van der Waals surface area contributed by atoms with Crippen molar-refractivity contribution in [2.45, 2.75) is 4.90 Å². The van der Waals surface area contributed by atoms with Crippen LogP contribution in [0, 0.1) is 0 Å². The molecule has 0 saturated heterocycles. The Bertz CT molecular complexity index is 1240. The molecule has 0 aliphatic heterocycles. The molecule has 2 aromatic carbocycles. The van der Waals surface area contributed by atoms with Crippen LogP contribution in [-0.2, 0) is 10.0 Å². The normalized spacial score (nSPS) is 11.3. The lowest BCUT2D eigenvalue weighted by atomic mass is 10.1. The van der Waals surface area contributed by atoms with Crippen LogP contribution in [-0.4, -0.2) is 25.5 Å². The molecule has 0 radical (unpaired) electrons. The van der Waals surface area contributed by atoms with Gasteiger partial charge in [-0.25, -0.2) is 8.42 Å². The third-order valence-electron chi connectivity index (χ3n) is 4.31. The summed E-state index contributed by atoms with van der Waals surface area (Å²) < 4.78 is 34.0. The third-order valence-corrected chi connectivity index (χ3v) is 5.71. The lowest BCUT2D eigenvalue weighted by molar-refractivity contribution is 0.403. The number of nitrogens with zero attached hydrogens (tertiary/aromatic N) is 2. The fourth-order valence-corrected chi connectivity index (χ4v) is 4.18. The van der Waals surface area contributed by atoms with Crippen LogP contribution in [0.4, 0.5) is 5.69 Å². The van der Waals surface area contributed by atoms with E-state index >= 15 is 0 Å². The summed E-state index contributed by atoms with van der Waals surface area (Å²) in [4.78, 5) is 8.35. The zero-order valence-corrected chi connectivity index (χ0v) is 15.8. The molecule has 0 amide bonds. The average Bonchev–Trinajstić information content (AvgIpc) is 2.73. The van der Waals surface area contributed by atoms with Gasteiger partial charge in [-0.05, 0) is 47.5 Å². The molecule has 4 rings (SSSR count). The summed E-state index contributed by atoms with van der Waals surface area (Å²) in [6, 6.07) is 17.9. The molecule has 28 heavy (non-hydrogen) atoms. The van der Waals surface area contributed by atoms with Crippen molar-refractivity contribution in [2.75, 3.05) is 11.8 Å². The summed E-state index contributed by atoms with van der Waals surface area (Å²) in [6.45, 7) is 0. The molecule has 6 nitrogen and oxygen atoms in total. The van der Waals surface area contributed by atoms with E-state index in [0.29, 0.717) is 5.69 Å². The van der Waals surface area contributed by atoms with Crippen LogP contribution in [0.1, 0.15) is 0 Å². The van der Waals surface area contributed by atoms with E-state index in [9.17, 15) is 8.42 Å². The molecule has 2 heterocycles. The van der Waals surface area contributed by atoms with Crippen LogP contribution < -0.4 is 9.46 Å². The van der Waals surface area contributed by atoms with Crippen molar-refractivity contribution in [1.29, 1.82) is 0 Å². The lowest BCUT2D eigenvalue weighted by Crippen LogP contribution is -2.14. The first-order chi connectivity index (χ1) is 13.6. The monoisotopic (exact) mass is 391 g/mol. The Morgan fingerprint density at radius 1 is 0.929 bits per heavy atom. The van der Waals surface area contributed by atoms with Gasteiger partial charge in [-0.3, -0.25) is 14.7 Å². The number of benzene rings is 2. The van der Waals surface area contributed by atoms with Crippen molar-refractivity contribution in [3.63, 3.8) is 0 Å². The molecular formula is C21H17N3O3S. The maximum absolute atomic E-state index is 13.1. The predicted octanol–water partition coefficient (Wildman–Crippen LogP) is 4.11. The Labute approximate surface area is 162 Å². The van der Waals surface area contributed by atoms with Crippen LogP contribution >= 0.6 is 0 Å². The maximum Gasteiger partial charge on any atom is 0.265 e. The van der Waals surface area contributed by atoms with Crippen molar-refractivity contribution in [2.24, 2.45) is 0 Å². The first-order valence-electron chi connectivity index (χ1n) is 8.53. The Morgan fingerprint density at radius 2 is 1.71 bits per heavy atom. The summed E-state index contributed by atoms with van der Waals surface area (Å²) in [5.41, 5.74) is 2.79. The molecular weight excluding hydrogens is 374 g/mol. The van der Waals surface area contributed by atoms with E-state index in [1.54, 1.807) is 30.6 Å². The van der Waals surface area contributed by atoms with Gasteiger partial charge in [0.15, 0.2) is 0 Å². The number of fused-ring (bicyclic) bond motifs is 1. The Morgan fingerprint density at radius 3 is 2.50 bits per heavy atom. The van der Waals surface area contributed by atoms with Gasteiger partial charge in [0, 0.05) is 17.8 Å². The zero-order valence-electron chi connectivity index (χ0n) is 15.0. The molecule has 2 aromatic heterocycles. The molecule has 0 atom stereocenters. The molecule has 4 aromatic rings. The Hall–Kier alpha value is -3.45. The molecule has 0 unspecified atom stereocenters. The first-order valence-corrected chi connectivity index (χ1v) is 10.0. The van der Waals surface area contributed by atoms with Gasteiger partial charge in [0.05, 0.1) is 24.5 Å². The van der Waals surface area contributed by atoms with Gasteiger partial charge in [-0.1, -0.05) is 24.3 Å². The average molecular weight is 391 g/mol. The summed E-state index contributed by atoms with van der Waals surface area (Å²) in [7, 11) is -2.44. The van der Waals surface area contributed by atoms with Crippen LogP contribution in [0.25, 0.3) is 22.0 Å². The number of ether oxygens (including phenoxy) is 1. The first kappa shape index (κ1) is 17.9. The van der Waals surface area contributed by atoms with Crippen molar-refractivity contribution < 1.29 is 13.2 Å². The smallest absolute Gasteiger partial charge is 0.265 e. The van der Waals surface area contributed by atoms with Gasteiger partial charge >= 0.3 is 0 Å². The molecule has 140 valence electrons. The van der Waals surface area contributed by atoms with E-state index in [0.717, 1.165) is 22.0 Å². The number of methoxy groups -OCH3 is 1. The molecule has 0 spiro atoms. The van der Waals surface area contributed by atoms with Crippen molar-refractivity contribution in [1.82, 2.24) is 9.97 Å². The van der Waals surface area contributed by atoms with E-state index in [1.807, 2.05) is 42.5 Å². The number of rotatable bonds is 5. The minimum Gasteiger partial charge on any atom is -0.495 e. The third kappa shape index (κ3) is 3.52. The molecule has 0 fully saturated rings. The number of pyridine rings is 2. The van der Waals surface area contributed by atoms with E-state index in [4.69, 9.17) is 4.74 Å². The van der Waals surface area contributed by atoms with Gasteiger partial charge < -0.3 is 4.74 Å². The number of hydrogen-bond donors (Lipinski definition) is 1. The van der Waals surface area contributed by atoms with Gasteiger partial charge in [0.1, 0.15) is 10.6 Å². The van der Waals surface area contributed by atoms with Gasteiger partial charge in [-0.2, -0.15) is 0 Å². The van der Waals surface area contributed by atoms with Crippen LogP contribution in [0.2, 0.25) is 0 Å². The van der Waals surface area contributed by atoms with E-state index in [-0.39, 0.29) is 10.6 Å². The Kier molecular flexibility index (Phi) is 4.67. The minimum absolute atomic E-state index is 0.0532. The van der Waals surface area contributed by atoms with E-state index < -0.39 is 10.0 Å². The van der Waals surface area contributed by atoms with Crippen LogP contribution in [0.5, 0.6) is 5.75 Å². The van der Waals surface area contributed by atoms with Crippen LogP contribution in [0.15, 0.2) is 84.1 Å². The standard InChI is InChI=1S/C21H17N3O3S/c1-27-20-7-6-16(15-8-10-22-11-9-15)13-21(20)28(25,26)24-18-12-17-4-2-3-5-19(17)23-14-18/h2-14,24H,1H3. The largest absolute Gasteiger partial charge is 0.495 e. The topological polar surface area (TPSA) is 81.2 Å². The SMILES string of the molecule is COc1ccc(-c2ccncc2)cc1S(=O)(=O)Nc1cnc2ccccc2c1. The quantitative estimate of drug-likeness (QED) is 0.554. The molecule has 7 heteroatoms. The highest BCUT2D eigenvalue weighted by Crippen LogP contribution is 2.31. The minimum atomic E-state index is -3.89. The molecule has 0 aliphatic carbocycles. The number of sulfonamides is 1. The van der Waals surface area contributed by atoms with Gasteiger partial charge in [0.2, 0.25) is 0 Å². The number of para-hydroxylation sites is 1. The fraction of sp³-hybridized carbons (Fsp3) is 0.0476. The number of anilines is 1. The highest BCUT2D eigenvalue weighted by molar-refractivity contribution is 7.92. The summed E-state index contributed by atoms with van der Waals surface area (Å²) in [5.74, 6) is 0.263. The van der Waals surface area contributed by atoms with Crippen molar-refractivity contribution in [3.05, 3.63) is 79.3 Å². The lowest BCUT2D eigenvalue weighted by Gasteiger charge is -2.13. The van der Waals surface area contributed by atoms with Gasteiger partial charge in [0.25, 0.3) is 10.0 Å². The summed E-state index contributed by atoms with van der Waals surface area (Å²) in [6.07, 6.45) is 4.82. The van der Waals surface area contributed by atoms with Gasteiger partial charge in [-0.15, -0.1) is 0 Å². The summed E-state index contributed by atoms with van der Waals surface area (Å²) >= 11 is 0. The second kappa shape index (κ2) is 7.28. The second-order valence-corrected chi connectivity index (χ2v) is 7.77. The zero-order chi connectivity index (χ0) is 19.6. The van der Waals surface area contributed by atoms with Crippen molar-refractivity contribution >= 4 is 26.6 Å². The summed E-state index contributed by atoms with van der Waals surface area (Å²) in [5, 5.41) is 0.847. The Balaban J connectivity index is 1.75. The van der Waals surface area contributed by atoms with Crippen LogP contribution in [0.3, 0.4) is 0 Å². The predicted molar refractivity (Wildman–Crippen MR) is 109 cm³/mol. The number of aromatic nitrogens is 2. The van der Waals surface area contributed by atoms with E-state index in [2.05, 4.69) is 14.7 Å².